The number of aliphatic hydroxyl groups excluding tert-OH is 1. The summed E-state index contributed by atoms with van der Waals surface area (Å²) < 4.78 is 20.3. The molecule has 0 amide bonds. The van der Waals surface area contributed by atoms with Crippen LogP contribution < -0.4 is 5.56 Å². The van der Waals surface area contributed by atoms with Crippen molar-refractivity contribution in [3.8, 4) is 0 Å². The number of fused-ring (bicyclic) bond motifs is 2. The zero-order chi connectivity index (χ0) is 20.3. The Morgan fingerprint density at radius 2 is 2.00 bits per heavy atom. The van der Waals surface area contributed by atoms with Gasteiger partial charge in [-0.2, -0.15) is 0 Å². The fourth-order valence-corrected chi connectivity index (χ4v) is 4.20. The molecular weight excluding hydrogens is 376 g/mol. The molecule has 5 atom stereocenters. The minimum Gasteiger partial charge on any atom is -0.384 e. The van der Waals surface area contributed by atoms with E-state index in [9.17, 15) is 9.90 Å². The molecule has 9 nitrogen and oxygen atoms in total. The molecule has 5 heterocycles. The van der Waals surface area contributed by atoms with Crippen LogP contribution in [-0.2, 0) is 14.2 Å². The first-order valence-corrected chi connectivity index (χ1v) is 9.51. The highest BCUT2D eigenvalue weighted by molar-refractivity contribution is 5.78. The van der Waals surface area contributed by atoms with Gasteiger partial charge in [0.05, 0.1) is 5.69 Å². The van der Waals surface area contributed by atoms with Crippen molar-refractivity contribution in [2.24, 2.45) is 0 Å². The number of pyridine rings is 1. The van der Waals surface area contributed by atoms with Crippen LogP contribution in [0.5, 0.6) is 0 Å². The molecule has 0 saturated carbocycles. The molecule has 2 aliphatic heterocycles. The summed E-state index contributed by atoms with van der Waals surface area (Å²) in [5.74, 6) is -0.826. The lowest BCUT2D eigenvalue weighted by atomic mass is 10.0. The third kappa shape index (κ3) is 2.98. The van der Waals surface area contributed by atoms with Gasteiger partial charge in [0.25, 0.3) is 0 Å². The van der Waals surface area contributed by atoms with Crippen LogP contribution >= 0.6 is 0 Å². The van der Waals surface area contributed by atoms with Crippen LogP contribution in [0.3, 0.4) is 0 Å². The molecule has 2 fully saturated rings. The van der Waals surface area contributed by atoms with E-state index >= 15 is 0 Å². The summed E-state index contributed by atoms with van der Waals surface area (Å²) in [5.41, 5.74) is 1.66. The standard InChI is InChI=1S/C20H22N4O5/c1-10-11-7-8-24(18(11)22-9-21-10)19-17-16(28-20(2,3)29-17)15(27-19)14(26)12-5-4-6-13(25)23-12/h4-9,14-17,19,26H,1-3H3,(H,23,25)/t14-,15-,16-,17-,19-/m1/s1. The Kier molecular flexibility index (Phi) is 4.11. The van der Waals surface area contributed by atoms with Crippen molar-refractivity contribution in [1.82, 2.24) is 19.5 Å². The molecule has 2 saturated heterocycles. The maximum atomic E-state index is 11.7. The molecule has 0 bridgehead atoms. The second kappa shape index (κ2) is 6.46. The molecule has 0 radical (unpaired) electrons. The van der Waals surface area contributed by atoms with Gasteiger partial charge in [-0.05, 0) is 32.9 Å². The lowest BCUT2D eigenvalue weighted by molar-refractivity contribution is -0.207. The van der Waals surface area contributed by atoms with E-state index in [-0.39, 0.29) is 5.56 Å². The van der Waals surface area contributed by atoms with E-state index in [2.05, 4.69) is 15.0 Å². The number of aromatic amines is 1. The Bertz CT molecular complexity index is 1120. The van der Waals surface area contributed by atoms with E-state index in [0.717, 1.165) is 16.7 Å². The summed E-state index contributed by atoms with van der Waals surface area (Å²) in [6.07, 6.45) is 0.0467. The molecule has 3 aromatic heterocycles. The molecule has 9 heteroatoms. The SMILES string of the molecule is Cc1ncnc2c1ccn2[C@@H]1O[C@H]([C@H](O)c2cccc(=O)[nH]2)[C@H]2OC(C)(C)O[C@H]21. The van der Waals surface area contributed by atoms with Crippen LogP contribution in [-0.4, -0.2) is 48.7 Å². The number of rotatable bonds is 3. The third-order valence-corrected chi connectivity index (χ3v) is 5.47. The maximum absolute atomic E-state index is 11.7. The first-order chi connectivity index (χ1) is 13.8. The van der Waals surface area contributed by atoms with Gasteiger partial charge in [0.2, 0.25) is 5.56 Å². The highest BCUT2D eigenvalue weighted by atomic mass is 16.8. The van der Waals surface area contributed by atoms with E-state index < -0.39 is 36.4 Å². The van der Waals surface area contributed by atoms with Crippen LogP contribution in [0.25, 0.3) is 11.0 Å². The Morgan fingerprint density at radius 1 is 1.21 bits per heavy atom. The maximum Gasteiger partial charge on any atom is 0.248 e. The number of aliphatic hydroxyl groups is 1. The first-order valence-electron chi connectivity index (χ1n) is 9.51. The summed E-state index contributed by atoms with van der Waals surface area (Å²) in [6.45, 7) is 5.58. The van der Waals surface area contributed by atoms with Gasteiger partial charge in [-0.15, -0.1) is 0 Å². The Hall–Kier alpha value is -2.59. The monoisotopic (exact) mass is 398 g/mol. The number of aromatic nitrogens is 4. The van der Waals surface area contributed by atoms with Gasteiger partial charge >= 0.3 is 0 Å². The van der Waals surface area contributed by atoms with E-state index in [1.165, 1.54) is 12.4 Å². The fraction of sp³-hybridized carbons (Fsp3) is 0.450. The smallest absolute Gasteiger partial charge is 0.248 e. The molecule has 0 aliphatic carbocycles. The summed E-state index contributed by atoms with van der Waals surface area (Å²) in [5, 5.41) is 11.9. The second-order valence-electron chi connectivity index (χ2n) is 7.89. The van der Waals surface area contributed by atoms with E-state index in [4.69, 9.17) is 14.2 Å². The van der Waals surface area contributed by atoms with Crippen LogP contribution in [0.2, 0.25) is 0 Å². The summed E-state index contributed by atoms with van der Waals surface area (Å²) in [6, 6.07) is 6.57. The number of ether oxygens (including phenoxy) is 3. The van der Waals surface area contributed by atoms with Gasteiger partial charge in [0, 0.05) is 23.3 Å². The number of nitrogens with zero attached hydrogens (tertiary/aromatic N) is 3. The molecule has 2 aliphatic rings. The predicted octanol–water partition coefficient (Wildman–Crippen LogP) is 1.58. The van der Waals surface area contributed by atoms with E-state index in [0.29, 0.717) is 5.69 Å². The van der Waals surface area contributed by atoms with Gasteiger partial charge in [-0.3, -0.25) is 4.79 Å². The average Bonchev–Trinajstić information content (AvgIpc) is 3.32. The molecular formula is C20H22N4O5. The highest BCUT2D eigenvalue weighted by Gasteiger charge is 2.58. The lowest BCUT2D eigenvalue weighted by Gasteiger charge is -2.27. The zero-order valence-corrected chi connectivity index (χ0v) is 16.3. The number of aryl methyl sites for hydroxylation is 1. The highest BCUT2D eigenvalue weighted by Crippen LogP contribution is 2.46. The Morgan fingerprint density at radius 3 is 2.79 bits per heavy atom. The van der Waals surface area contributed by atoms with Crippen molar-refractivity contribution in [2.75, 3.05) is 0 Å². The van der Waals surface area contributed by atoms with Crippen LogP contribution in [0.15, 0.2) is 41.6 Å². The number of nitrogens with one attached hydrogen (secondary N) is 1. The predicted molar refractivity (Wildman–Crippen MR) is 102 cm³/mol. The molecule has 2 N–H and O–H groups in total. The molecule has 0 unspecified atom stereocenters. The minimum absolute atomic E-state index is 0.292. The quantitative estimate of drug-likeness (QED) is 0.689. The van der Waals surface area contributed by atoms with Crippen molar-refractivity contribution >= 4 is 11.0 Å². The minimum atomic E-state index is -1.09. The molecule has 0 aromatic carbocycles. The lowest BCUT2D eigenvalue weighted by Crippen LogP contribution is -2.35. The number of H-pyrrole nitrogens is 1. The van der Waals surface area contributed by atoms with Gasteiger partial charge in [-0.1, -0.05) is 6.07 Å². The molecule has 29 heavy (non-hydrogen) atoms. The van der Waals surface area contributed by atoms with E-state index in [1.54, 1.807) is 12.1 Å². The first kappa shape index (κ1) is 18.4. The zero-order valence-electron chi connectivity index (χ0n) is 16.3. The normalized spacial score (nSPS) is 29.2. The van der Waals surface area contributed by atoms with Crippen molar-refractivity contribution in [1.29, 1.82) is 0 Å². The van der Waals surface area contributed by atoms with Gasteiger partial charge in [-0.25, -0.2) is 9.97 Å². The van der Waals surface area contributed by atoms with Crippen molar-refractivity contribution < 1.29 is 19.3 Å². The Labute approximate surface area is 166 Å². The van der Waals surface area contributed by atoms with Gasteiger partial charge in [0.1, 0.15) is 36.4 Å². The molecule has 3 aromatic rings. The summed E-state index contributed by atoms with van der Waals surface area (Å²) in [4.78, 5) is 23.0. The number of hydrogen-bond acceptors (Lipinski definition) is 7. The molecule has 152 valence electrons. The summed E-state index contributed by atoms with van der Waals surface area (Å²) in [7, 11) is 0. The van der Waals surface area contributed by atoms with Crippen LogP contribution in [0, 0.1) is 6.92 Å². The Balaban J connectivity index is 1.55. The van der Waals surface area contributed by atoms with E-state index in [1.807, 2.05) is 37.6 Å². The molecule has 0 spiro atoms. The van der Waals surface area contributed by atoms with Crippen molar-refractivity contribution in [3.05, 3.63) is 58.5 Å². The van der Waals surface area contributed by atoms with Crippen LogP contribution in [0.4, 0.5) is 0 Å². The summed E-state index contributed by atoms with van der Waals surface area (Å²) >= 11 is 0. The third-order valence-electron chi connectivity index (χ3n) is 5.47. The van der Waals surface area contributed by atoms with Gasteiger partial charge < -0.3 is 28.9 Å². The topological polar surface area (TPSA) is 111 Å². The second-order valence-corrected chi connectivity index (χ2v) is 7.89. The fourth-order valence-electron chi connectivity index (χ4n) is 4.20. The average molecular weight is 398 g/mol. The molecule has 5 rings (SSSR count). The van der Waals surface area contributed by atoms with Crippen molar-refractivity contribution in [2.45, 2.75) is 57.2 Å². The van der Waals surface area contributed by atoms with Gasteiger partial charge in [0.15, 0.2) is 12.0 Å². The van der Waals surface area contributed by atoms with Crippen LogP contribution in [0.1, 0.15) is 37.6 Å². The number of hydrogen-bond donors (Lipinski definition) is 2. The largest absolute Gasteiger partial charge is 0.384 e. The van der Waals surface area contributed by atoms with Crippen molar-refractivity contribution in [3.63, 3.8) is 0 Å².